The number of hydrogen-bond donors (Lipinski definition) is 2. The highest BCUT2D eigenvalue weighted by atomic mass is 35.5. The van der Waals surface area contributed by atoms with E-state index in [-0.39, 0.29) is 23.5 Å². The molecule has 0 unspecified atom stereocenters. The first-order valence-electron chi connectivity index (χ1n) is 9.58. The first-order valence-corrected chi connectivity index (χ1v) is 11.7. The number of aromatic nitrogens is 4. The second kappa shape index (κ2) is 10.3. The number of halogens is 1. The number of carbonyl (C=O) groups is 2. The molecule has 3 rings (SSSR count). The monoisotopic (exact) mass is 478 g/mol. The van der Waals surface area contributed by atoms with Crippen LogP contribution in [0.2, 0.25) is 5.02 Å². The Balaban J connectivity index is 1.53. The van der Waals surface area contributed by atoms with Gasteiger partial charge in [-0.05, 0) is 32.9 Å². The number of para-hydroxylation sites is 1. The van der Waals surface area contributed by atoms with Gasteiger partial charge in [0.05, 0.1) is 21.7 Å². The molecular formula is C20H23ClN6O2S2. The highest BCUT2D eigenvalue weighted by Gasteiger charge is 2.20. The molecular weight excluding hydrogens is 456 g/mol. The first kappa shape index (κ1) is 23.2. The van der Waals surface area contributed by atoms with Crippen LogP contribution in [-0.2, 0) is 23.1 Å². The fourth-order valence-electron chi connectivity index (χ4n) is 2.61. The van der Waals surface area contributed by atoms with Gasteiger partial charge >= 0.3 is 0 Å². The molecule has 31 heavy (non-hydrogen) atoms. The van der Waals surface area contributed by atoms with Crippen LogP contribution in [0.25, 0.3) is 0 Å². The van der Waals surface area contributed by atoms with Crippen LogP contribution in [0.3, 0.4) is 0 Å². The lowest BCUT2D eigenvalue weighted by Gasteiger charge is -2.10. The Labute approximate surface area is 193 Å². The molecule has 2 aromatic heterocycles. The second-order valence-corrected chi connectivity index (χ2v) is 9.81. The van der Waals surface area contributed by atoms with Crippen LogP contribution in [0.15, 0.2) is 29.4 Å². The molecule has 2 N–H and O–H groups in total. The normalized spacial score (nSPS) is 11.9. The maximum Gasteiger partial charge on any atom is 0.239 e. The number of hydrogen-bond acceptors (Lipinski definition) is 7. The van der Waals surface area contributed by atoms with Crippen molar-refractivity contribution in [1.29, 1.82) is 0 Å². The molecule has 0 aliphatic heterocycles. The van der Waals surface area contributed by atoms with Crippen molar-refractivity contribution in [2.24, 2.45) is 7.05 Å². The summed E-state index contributed by atoms with van der Waals surface area (Å²) in [6.45, 7) is 5.69. The van der Waals surface area contributed by atoms with Gasteiger partial charge in [-0.25, -0.2) is 4.98 Å². The van der Waals surface area contributed by atoms with E-state index in [1.807, 2.05) is 27.0 Å². The van der Waals surface area contributed by atoms with Gasteiger partial charge in [0.1, 0.15) is 5.82 Å². The number of thioether (sulfide) groups is 1. The molecule has 0 bridgehead atoms. The average Bonchev–Trinajstić information content (AvgIpc) is 3.23. The molecule has 0 fully saturated rings. The highest BCUT2D eigenvalue weighted by molar-refractivity contribution is 8.00. The zero-order chi connectivity index (χ0) is 22.5. The first-order chi connectivity index (χ1) is 14.7. The summed E-state index contributed by atoms with van der Waals surface area (Å²) in [6.07, 6.45) is 0.652. The molecule has 8 nitrogen and oxygen atoms in total. The Morgan fingerprint density at radius 3 is 2.65 bits per heavy atom. The fraction of sp³-hybridized carbons (Fsp3) is 0.350. The fourth-order valence-corrected chi connectivity index (χ4v) is 4.45. The third kappa shape index (κ3) is 6.05. The van der Waals surface area contributed by atoms with E-state index in [1.54, 1.807) is 29.7 Å². The summed E-state index contributed by atoms with van der Waals surface area (Å²) in [5.41, 5.74) is 1.49. The van der Waals surface area contributed by atoms with Crippen LogP contribution in [0.4, 0.5) is 10.8 Å². The van der Waals surface area contributed by atoms with Gasteiger partial charge in [-0.15, -0.1) is 21.5 Å². The summed E-state index contributed by atoms with van der Waals surface area (Å²) in [7, 11) is 1.82. The van der Waals surface area contributed by atoms with Crippen LogP contribution in [-0.4, -0.2) is 36.8 Å². The van der Waals surface area contributed by atoms with E-state index in [2.05, 4.69) is 25.8 Å². The number of thiazole rings is 1. The molecule has 0 saturated carbocycles. The lowest BCUT2D eigenvalue weighted by atomic mass is 10.2. The minimum atomic E-state index is -0.385. The van der Waals surface area contributed by atoms with Crippen molar-refractivity contribution in [2.75, 3.05) is 10.6 Å². The Bertz CT molecular complexity index is 1080. The Morgan fingerprint density at radius 1 is 1.23 bits per heavy atom. The van der Waals surface area contributed by atoms with Crippen molar-refractivity contribution in [3.63, 3.8) is 0 Å². The van der Waals surface area contributed by atoms with E-state index in [9.17, 15) is 9.59 Å². The average molecular weight is 479 g/mol. The van der Waals surface area contributed by atoms with Crippen LogP contribution in [0.1, 0.15) is 29.7 Å². The third-order valence-electron chi connectivity index (χ3n) is 4.56. The maximum atomic E-state index is 12.5. The van der Waals surface area contributed by atoms with E-state index in [1.165, 1.54) is 23.1 Å². The molecule has 164 valence electrons. The number of rotatable bonds is 8. The Hall–Kier alpha value is -2.43. The van der Waals surface area contributed by atoms with E-state index in [0.717, 1.165) is 10.6 Å². The molecule has 0 spiro atoms. The highest BCUT2D eigenvalue weighted by Crippen LogP contribution is 2.26. The minimum absolute atomic E-state index is 0.151. The molecule has 11 heteroatoms. The third-order valence-corrected chi connectivity index (χ3v) is 7.01. The number of nitrogens with one attached hydrogen (secondary N) is 2. The molecule has 1 aromatic carbocycles. The van der Waals surface area contributed by atoms with Gasteiger partial charge in [-0.1, -0.05) is 35.5 Å². The maximum absolute atomic E-state index is 12.5. The van der Waals surface area contributed by atoms with Gasteiger partial charge in [0.15, 0.2) is 10.3 Å². The van der Waals surface area contributed by atoms with Crippen molar-refractivity contribution < 1.29 is 9.59 Å². The topological polar surface area (TPSA) is 102 Å². The number of amides is 2. The van der Waals surface area contributed by atoms with Crippen molar-refractivity contribution in [1.82, 2.24) is 19.7 Å². The molecule has 3 aromatic rings. The quantitative estimate of drug-likeness (QED) is 0.470. The van der Waals surface area contributed by atoms with Crippen LogP contribution < -0.4 is 10.6 Å². The standard InChI is InChI=1S/C20H23ClN6O2S2/c1-11-12(2)30-19(22-11)24-18(29)13(3)31-20-26-25-16(27(20)4)9-10-17(28)23-15-8-6-5-7-14(15)21/h5-8,13H,9-10H2,1-4H3,(H,23,28)(H,22,24,29)/t13-/m0/s1. The van der Waals surface area contributed by atoms with E-state index >= 15 is 0 Å². The number of carbonyl (C=O) groups excluding carboxylic acids is 2. The predicted molar refractivity (Wildman–Crippen MR) is 125 cm³/mol. The van der Waals surface area contributed by atoms with Gasteiger partial charge in [-0.3, -0.25) is 9.59 Å². The summed E-state index contributed by atoms with van der Waals surface area (Å²) >= 11 is 8.83. The number of nitrogens with zero attached hydrogens (tertiary/aromatic N) is 4. The summed E-state index contributed by atoms with van der Waals surface area (Å²) in [5.74, 6) is 0.352. The Morgan fingerprint density at radius 2 is 1.97 bits per heavy atom. The summed E-state index contributed by atoms with van der Waals surface area (Å²) in [6, 6.07) is 7.08. The smallest absolute Gasteiger partial charge is 0.239 e. The van der Waals surface area contributed by atoms with E-state index in [0.29, 0.717) is 33.2 Å². The Kier molecular flexibility index (Phi) is 7.69. The van der Waals surface area contributed by atoms with Gasteiger partial charge in [0.25, 0.3) is 0 Å². The zero-order valence-corrected chi connectivity index (χ0v) is 20.0. The lowest BCUT2D eigenvalue weighted by Crippen LogP contribution is -2.22. The molecule has 2 amide bonds. The van der Waals surface area contributed by atoms with E-state index in [4.69, 9.17) is 11.6 Å². The lowest BCUT2D eigenvalue weighted by molar-refractivity contribution is -0.116. The molecule has 0 aliphatic rings. The van der Waals surface area contributed by atoms with Crippen molar-refractivity contribution in [2.45, 2.75) is 44.0 Å². The summed E-state index contributed by atoms with van der Waals surface area (Å²) < 4.78 is 1.80. The second-order valence-electron chi connectivity index (χ2n) is 6.90. The van der Waals surface area contributed by atoms with Gasteiger partial charge in [0.2, 0.25) is 11.8 Å². The van der Waals surface area contributed by atoms with Crippen molar-refractivity contribution in [3.05, 3.63) is 45.7 Å². The predicted octanol–water partition coefficient (Wildman–Crippen LogP) is 4.23. The van der Waals surface area contributed by atoms with Gasteiger partial charge < -0.3 is 15.2 Å². The number of aryl methyl sites for hydroxylation is 3. The largest absolute Gasteiger partial charge is 0.325 e. The van der Waals surface area contributed by atoms with Gasteiger partial charge in [-0.2, -0.15) is 0 Å². The molecule has 0 saturated heterocycles. The summed E-state index contributed by atoms with van der Waals surface area (Å²) in [5, 5.41) is 15.3. The van der Waals surface area contributed by atoms with Crippen molar-refractivity contribution in [3.8, 4) is 0 Å². The van der Waals surface area contributed by atoms with Crippen LogP contribution >= 0.6 is 34.7 Å². The SMILES string of the molecule is Cc1nc(NC(=O)[C@H](C)Sc2nnc(CCC(=O)Nc3ccccc3Cl)n2C)sc1C. The molecule has 0 radical (unpaired) electrons. The minimum Gasteiger partial charge on any atom is -0.325 e. The van der Waals surface area contributed by atoms with Crippen LogP contribution in [0, 0.1) is 13.8 Å². The molecule has 1 atom stereocenters. The molecule has 0 aliphatic carbocycles. The van der Waals surface area contributed by atoms with Crippen molar-refractivity contribution >= 4 is 57.3 Å². The van der Waals surface area contributed by atoms with Crippen LogP contribution in [0.5, 0.6) is 0 Å². The van der Waals surface area contributed by atoms with Gasteiger partial charge in [0, 0.05) is 24.8 Å². The number of benzene rings is 1. The zero-order valence-electron chi connectivity index (χ0n) is 17.6. The molecule has 2 heterocycles. The van der Waals surface area contributed by atoms with E-state index < -0.39 is 0 Å². The number of anilines is 2. The summed E-state index contributed by atoms with van der Waals surface area (Å²) in [4.78, 5) is 30.1.